The van der Waals surface area contributed by atoms with Crippen molar-refractivity contribution in [1.29, 1.82) is 0 Å². The van der Waals surface area contributed by atoms with Gasteiger partial charge in [0.15, 0.2) is 0 Å². The minimum absolute atomic E-state index is 0.570. The highest BCUT2D eigenvalue weighted by molar-refractivity contribution is 7.99. The molecule has 1 aliphatic heterocycles. The van der Waals surface area contributed by atoms with Crippen molar-refractivity contribution in [2.75, 3.05) is 13.1 Å². The van der Waals surface area contributed by atoms with E-state index >= 15 is 0 Å². The van der Waals surface area contributed by atoms with Gasteiger partial charge in [-0.2, -0.15) is 0 Å². The SMILES string of the molecule is CC(C)CN1CCCC[C@H]1c1cccnc1SC(C)C. The van der Waals surface area contributed by atoms with Gasteiger partial charge in [-0.1, -0.05) is 40.2 Å². The van der Waals surface area contributed by atoms with E-state index in [0.717, 1.165) is 5.92 Å². The second-order valence-corrected chi connectivity index (χ2v) is 8.03. The van der Waals surface area contributed by atoms with E-state index in [1.165, 1.54) is 42.9 Å². The molecule has 0 amide bonds. The van der Waals surface area contributed by atoms with Gasteiger partial charge in [-0.3, -0.25) is 4.90 Å². The first kappa shape index (κ1) is 15.8. The van der Waals surface area contributed by atoms with E-state index < -0.39 is 0 Å². The van der Waals surface area contributed by atoms with Gasteiger partial charge in [-0.25, -0.2) is 4.98 Å². The van der Waals surface area contributed by atoms with E-state index in [9.17, 15) is 0 Å². The van der Waals surface area contributed by atoms with Gasteiger partial charge in [0.05, 0.1) is 0 Å². The molecule has 1 aromatic heterocycles. The molecule has 1 aromatic rings. The van der Waals surface area contributed by atoms with Gasteiger partial charge in [0, 0.05) is 29.6 Å². The van der Waals surface area contributed by atoms with Crippen LogP contribution in [0.4, 0.5) is 0 Å². The number of piperidine rings is 1. The minimum Gasteiger partial charge on any atom is -0.296 e. The molecule has 1 saturated heterocycles. The predicted molar refractivity (Wildman–Crippen MR) is 88.2 cm³/mol. The monoisotopic (exact) mass is 292 g/mol. The van der Waals surface area contributed by atoms with Crippen LogP contribution < -0.4 is 0 Å². The molecule has 112 valence electrons. The topological polar surface area (TPSA) is 16.1 Å². The maximum absolute atomic E-state index is 4.64. The van der Waals surface area contributed by atoms with E-state index in [4.69, 9.17) is 0 Å². The summed E-state index contributed by atoms with van der Waals surface area (Å²) in [6.07, 6.45) is 5.91. The predicted octanol–water partition coefficient (Wildman–Crippen LogP) is 4.77. The van der Waals surface area contributed by atoms with Gasteiger partial charge in [-0.05, 0) is 31.4 Å². The molecule has 2 nitrogen and oxygen atoms in total. The van der Waals surface area contributed by atoms with Gasteiger partial charge in [0.2, 0.25) is 0 Å². The average molecular weight is 292 g/mol. The van der Waals surface area contributed by atoms with Crippen molar-refractivity contribution < 1.29 is 0 Å². The summed E-state index contributed by atoms with van der Waals surface area (Å²) in [7, 11) is 0. The Bertz CT molecular complexity index is 417. The van der Waals surface area contributed by atoms with E-state index in [0.29, 0.717) is 11.3 Å². The van der Waals surface area contributed by atoms with E-state index in [-0.39, 0.29) is 0 Å². The highest BCUT2D eigenvalue weighted by Gasteiger charge is 2.26. The Morgan fingerprint density at radius 2 is 2.10 bits per heavy atom. The summed E-state index contributed by atoms with van der Waals surface area (Å²) in [5.74, 6) is 0.730. The lowest BCUT2D eigenvalue weighted by Gasteiger charge is -2.37. The van der Waals surface area contributed by atoms with Crippen LogP contribution in [0.1, 0.15) is 58.6 Å². The zero-order valence-electron chi connectivity index (χ0n) is 13.3. The first-order valence-corrected chi connectivity index (χ1v) is 8.81. The fourth-order valence-corrected chi connectivity index (χ4v) is 3.92. The molecule has 1 aliphatic rings. The van der Waals surface area contributed by atoms with E-state index in [2.05, 4.69) is 49.7 Å². The number of nitrogens with zero attached hydrogens (tertiary/aromatic N) is 2. The standard InChI is InChI=1S/C17H28N2S/c1-13(2)12-19-11-6-5-9-16(19)15-8-7-10-18-17(15)20-14(3)4/h7-8,10,13-14,16H,5-6,9,11-12H2,1-4H3/t16-/m0/s1. The van der Waals surface area contributed by atoms with Crippen LogP contribution in [0, 0.1) is 5.92 Å². The molecule has 0 aliphatic carbocycles. The number of thioether (sulfide) groups is 1. The number of rotatable bonds is 5. The van der Waals surface area contributed by atoms with Gasteiger partial charge in [-0.15, -0.1) is 11.8 Å². The van der Waals surface area contributed by atoms with Gasteiger partial charge < -0.3 is 0 Å². The third kappa shape index (κ3) is 4.23. The molecule has 0 saturated carbocycles. The molecule has 0 aromatic carbocycles. The normalized spacial score (nSPS) is 20.8. The third-order valence-corrected chi connectivity index (χ3v) is 4.76. The maximum atomic E-state index is 4.64. The van der Waals surface area contributed by atoms with Gasteiger partial charge in [0.25, 0.3) is 0 Å². The van der Waals surface area contributed by atoms with E-state index in [1.807, 2.05) is 18.0 Å². The quantitative estimate of drug-likeness (QED) is 0.728. The van der Waals surface area contributed by atoms with Crippen molar-refractivity contribution in [3.05, 3.63) is 23.9 Å². The van der Waals surface area contributed by atoms with E-state index in [1.54, 1.807) is 0 Å². The molecule has 1 atom stereocenters. The van der Waals surface area contributed by atoms with Crippen LogP contribution in [-0.4, -0.2) is 28.2 Å². The Hall–Kier alpha value is -0.540. The zero-order chi connectivity index (χ0) is 14.5. The van der Waals surface area contributed by atoms with Crippen LogP contribution in [0.5, 0.6) is 0 Å². The molecule has 0 bridgehead atoms. The summed E-state index contributed by atoms with van der Waals surface area (Å²) in [6, 6.07) is 4.96. The van der Waals surface area contributed by atoms with Crippen LogP contribution in [0.25, 0.3) is 0 Å². The molecule has 1 fully saturated rings. The van der Waals surface area contributed by atoms with Crippen LogP contribution in [0.3, 0.4) is 0 Å². The second-order valence-electron chi connectivity index (χ2n) is 6.46. The van der Waals surface area contributed by atoms with Crippen LogP contribution >= 0.6 is 11.8 Å². The summed E-state index contributed by atoms with van der Waals surface area (Å²) in [5.41, 5.74) is 1.45. The van der Waals surface area contributed by atoms with Crippen molar-refractivity contribution in [3.63, 3.8) is 0 Å². The number of likely N-dealkylation sites (tertiary alicyclic amines) is 1. The molecule has 0 radical (unpaired) electrons. The average Bonchev–Trinajstić information content (AvgIpc) is 2.39. The molecule has 2 rings (SSSR count). The van der Waals surface area contributed by atoms with Crippen molar-refractivity contribution >= 4 is 11.8 Å². The highest BCUT2D eigenvalue weighted by Crippen LogP contribution is 2.36. The van der Waals surface area contributed by atoms with Crippen LogP contribution in [0.15, 0.2) is 23.4 Å². The third-order valence-electron chi connectivity index (χ3n) is 3.72. The lowest BCUT2D eigenvalue weighted by Crippen LogP contribution is -2.36. The smallest absolute Gasteiger partial charge is 0.101 e. The fraction of sp³-hybridized carbons (Fsp3) is 0.706. The van der Waals surface area contributed by atoms with Crippen molar-refractivity contribution in [3.8, 4) is 0 Å². The highest BCUT2D eigenvalue weighted by atomic mass is 32.2. The Balaban J connectivity index is 2.22. The minimum atomic E-state index is 0.570. The summed E-state index contributed by atoms with van der Waals surface area (Å²) < 4.78 is 0. The van der Waals surface area contributed by atoms with Gasteiger partial charge >= 0.3 is 0 Å². The lowest BCUT2D eigenvalue weighted by atomic mass is 9.95. The van der Waals surface area contributed by atoms with Gasteiger partial charge in [0.1, 0.15) is 5.03 Å². The van der Waals surface area contributed by atoms with Crippen LogP contribution in [0.2, 0.25) is 0 Å². The maximum Gasteiger partial charge on any atom is 0.101 e. The lowest BCUT2D eigenvalue weighted by molar-refractivity contribution is 0.130. The molecular formula is C17H28N2S. The Labute approximate surface area is 128 Å². The summed E-state index contributed by atoms with van der Waals surface area (Å²) in [6.45, 7) is 11.6. The zero-order valence-corrected chi connectivity index (χ0v) is 14.1. The number of aromatic nitrogens is 1. The Morgan fingerprint density at radius 1 is 1.30 bits per heavy atom. The second kappa shape index (κ2) is 7.46. The largest absolute Gasteiger partial charge is 0.296 e. The molecule has 3 heteroatoms. The van der Waals surface area contributed by atoms with Crippen LogP contribution in [-0.2, 0) is 0 Å². The molecule has 0 unspecified atom stereocenters. The number of hydrogen-bond donors (Lipinski definition) is 0. The molecule has 20 heavy (non-hydrogen) atoms. The molecule has 0 spiro atoms. The first-order chi connectivity index (χ1) is 9.58. The molecule has 0 N–H and O–H groups in total. The molecule has 2 heterocycles. The van der Waals surface area contributed by atoms with Crippen molar-refractivity contribution in [2.45, 2.75) is 63.3 Å². The summed E-state index contributed by atoms with van der Waals surface area (Å²) in [5, 5.41) is 1.83. The molecular weight excluding hydrogens is 264 g/mol. The summed E-state index contributed by atoms with van der Waals surface area (Å²) >= 11 is 1.90. The summed E-state index contributed by atoms with van der Waals surface area (Å²) in [4.78, 5) is 7.32. The Kier molecular flexibility index (Phi) is 5.91. The number of hydrogen-bond acceptors (Lipinski definition) is 3. The van der Waals surface area contributed by atoms with Crippen molar-refractivity contribution in [1.82, 2.24) is 9.88 Å². The van der Waals surface area contributed by atoms with Crippen molar-refractivity contribution in [2.24, 2.45) is 5.92 Å². The first-order valence-electron chi connectivity index (χ1n) is 7.93. The Morgan fingerprint density at radius 3 is 2.80 bits per heavy atom. The fourth-order valence-electron chi connectivity index (χ4n) is 3.01. The number of pyridine rings is 1.